The van der Waals surface area contributed by atoms with E-state index in [1.54, 1.807) is 0 Å². The first-order valence-corrected chi connectivity index (χ1v) is 76.7. The Bertz CT molecular complexity index is 2420. The Morgan fingerprint density at radius 1 is 0.136 bits per heavy atom. The third-order valence-corrected chi connectivity index (χ3v) is 10.8. The van der Waals surface area contributed by atoms with Gasteiger partial charge in [-0.2, -0.15) is 0 Å². The average molecular weight is 3060 g/mol. The van der Waals surface area contributed by atoms with Gasteiger partial charge in [0, 0.05) is 157 Å². The molecule has 0 aromatic rings. The third-order valence-electron chi connectivity index (χ3n) is 10.8. The molecule has 0 spiro atoms. The van der Waals surface area contributed by atoms with E-state index in [1.807, 2.05) is 0 Å². The molecule has 3 aliphatic rings. The van der Waals surface area contributed by atoms with Crippen molar-refractivity contribution >= 4 is 378 Å². The zero-order valence-corrected chi connectivity index (χ0v) is 99.3. The van der Waals surface area contributed by atoms with Crippen LogP contribution in [-0.2, 0) is 288 Å². The van der Waals surface area contributed by atoms with E-state index < -0.39 is 212 Å². The van der Waals surface area contributed by atoms with E-state index in [-0.39, 0.29) is 157 Å². The molecule has 792 valence electrons. The molecule has 0 aromatic carbocycles. The molecule has 0 bridgehead atoms. The van der Waals surface area contributed by atoms with E-state index in [0.717, 1.165) is 0 Å². The van der Waals surface area contributed by atoms with Crippen molar-refractivity contribution in [2.75, 3.05) is 157 Å². The Hall–Kier alpha value is 1.20. The number of hydrogen-bond donors (Lipinski definition) is 24. The molecule has 0 atom stereocenters. The normalized spacial score (nSPS) is 15.9. The summed E-state index contributed by atoms with van der Waals surface area (Å²) < 4.78 is 0. The first-order valence-electron chi connectivity index (χ1n) is 31.7. The minimum atomic E-state index is -1.000. The van der Waals surface area contributed by atoms with Crippen molar-refractivity contribution in [3.8, 4) is 0 Å². The van der Waals surface area contributed by atoms with Gasteiger partial charge in [-0.15, -0.1) is 0 Å². The van der Waals surface area contributed by atoms with E-state index in [1.165, 1.54) is 0 Å². The summed E-state index contributed by atoms with van der Waals surface area (Å²) in [6.07, 6.45) is 0. The zero-order chi connectivity index (χ0) is 104. The van der Waals surface area contributed by atoms with Gasteiger partial charge in [0.05, 0.1) is 0 Å². The van der Waals surface area contributed by atoms with Gasteiger partial charge in [0.2, 0.25) is 0 Å². The number of amides is 24. The van der Waals surface area contributed by atoms with Gasteiger partial charge in [-0.05, 0) is 0 Å². The molecule has 0 aliphatic carbocycles. The second-order valence-electron chi connectivity index (χ2n) is 18.8. The maximum atomic E-state index is 11.6. The van der Waals surface area contributed by atoms with Crippen LogP contribution in [0.15, 0.2) is 0 Å². The molecule has 0 unspecified atom stereocenters. The van der Waals surface area contributed by atoms with Crippen LogP contribution < -0.4 is 128 Å². The fourth-order valence-corrected chi connectivity index (χ4v) is 6.15. The van der Waals surface area contributed by atoms with E-state index in [2.05, 4.69) is 128 Å². The number of nitrogens with one attached hydrogen (secondary N) is 24. The molecule has 24 N–H and O–H groups in total. The van der Waals surface area contributed by atoms with E-state index in [9.17, 15) is 115 Å². The van der Waals surface area contributed by atoms with Crippen LogP contribution in [0.1, 0.15) is 0 Å². The first-order chi connectivity index (χ1) is 62.6. The Kier molecular flexibility index (Phi) is 154. The molecule has 0 radical (unpaired) electrons. The second kappa shape index (κ2) is 128. The van der Waals surface area contributed by atoms with Gasteiger partial charge >= 0.3 is 551 Å². The van der Waals surface area contributed by atoms with Crippen LogP contribution in [0, 0.1) is 0 Å². The van der Waals surface area contributed by atoms with Crippen molar-refractivity contribution < 1.29 is 288 Å². The van der Waals surface area contributed by atoms with Gasteiger partial charge in [0.1, 0.15) is 0 Å². The molecule has 0 saturated carbocycles. The number of hydrogen-bond acceptors (Lipinski definition) is 24. The molecular weight excluding hydrogens is 2990 g/mol. The number of halogens is 24. The summed E-state index contributed by atoms with van der Waals surface area (Å²) >= 11 is 0.983. The van der Waals surface area contributed by atoms with Gasteiger partial charge in [0.25, 0.3) is 0 Å². The molecule has 3 heterocycles. The topological polar surface area (TPSA) is 698 Å². The summed E-state index contributed by atoms with van der Waals surface area (Å²) in [5.41, 5.74) is 0. The SMILES string of the molecule is O=C1NCCNC(=O)C(=O)NCCNC(=O)C(=O)NCCNC(=O)C(=O)NCCNC1=O.O=C1NCCNC(=O)C(=O)NCCNC(=O)C(=O)NCCNC(=O)C(=O)NCCNC1=O.O=C1NCCNC(=O)C(=O)NCCNC(=O)C(=O)NCCNC(=O)C(=O)NCCNC1=O.[Cl][Co][Cl].[Cl][Co][Cl].[Cl][Co][Cl].[Cl][Co][Cl].[Cl][Nb][Cl].[Cl][Nb][Cl].[Cl][Nb][Cl].[Cl][Nb][Cl].[Cl][Ni][Cl].[Cl][Ni][Cl].[Cl][Ni][Cl].[Cl][Ni][Cl]. The Morgan fingerprint density at radius 3 is 0.182 bits per heavy atom. The van der Waals surface area contributed by atoms with Gasteiger partial charge in [-0.3, -0.25) is 115 Å². The molecule has 24 amide bonds. The summed E-state index contributed by atoms with van der Waals surface area (Å²) in [6.45, 7) is -3.49. The predicted octanol–water partition coefficient (Wildman–Crippen LogP) is -4.69. The summed E-state index contributed by atoms with van der Waals surface area (Å²) in [4.78, 5) is 278. The molecular formula is C48H72Cl24Co4N24Nb4Ni4O24. The molecule has 48 nitrogen and oxygen atoms in total. The van der Waals surface area contributed by atoms with Crippen molar-refractivity contribution in [2.45, 2.75) is 0 Å². The minimum absolute atomic E-state index is 0.145. The molecule has 3 saturated heterocycles. The number of carbonyl (C=O) groups excluding carboxylic acids is 24. The molecule has 3 fully saturated rings. The Labute approximate surface area is 936 Å². The van der Waals surface area contributed by atoms with Crippen molar-refractivity contribution in [3.05, 3.63) is 0 Å². The van der Waals surface area contributed by atoms with Crippen molar-refractivity contribution in [1.29, 1.82) is 0 Å². The molecule has 132 heavy (non-hydrogen) atoms. The van der Waals surface area contributed by atoms with Crippen molar-refractivity contribution in [3.63, 3.8) is 0 Å². The zero-order valence-electron chi connectivity index (χ0n) is 64.2. The van der Waals surface area contributed by atoms with Crippen LogP contribution in [-0.4, -0.2) is 299 Å². The monoisotopic (exact) mass is 3050 g/mol. The van der Waals surface area contributed by atoms with Crippen LogP contribution in [0.25, 0.3) is 0 Å². The fraction of sp³-hybridized carbons (Fsp3) is 0.500. The first kappa shape index (κ1) is 158. The summed E-state index contributed by atoms with van der Waals surface area (Å²) in [7, 11) is 115. The fourth-order valence-electron chi connectivity index (χ4n) is 6.15. The quantitative estimate of drug-likeness (QED) is 0.0800. The number of carbonyl (C=O) groups is 24. The number of rotatable bonds is 0. The van der Waals surface area contributed by atoms with Crippen LogP contribution in [0.3, 0.4) is 0 Å². The Balaban J connectivity index is -0.000000138. The van der Waals surface area contributed by atoms with Crippen molar-refractivity contribution in [2.24, 2.45) is 0 Å². The van der Waals surface area contributed by atoms with Crippen LogP contribution >= 0.6 is 236 Å². The molecule has 0 aromatic heterocycles. The van der Waals surface area contributed by atoms with Crippen LogP contribution in [0.5, 0.6) is 0 Å². The van der Waals surface area contributed by atoms with E-state index >= 15 is 0 Å². The van der Waals surface area contributed by atoms with E-state index in [0.29, 0.717) is 102 Å². The Morgan fingerprint density at radius 2 is 0.159 bits per heavy atom. The van der Waals surface area contributed by atoms with Gasteiger partial charge in [-0.25, -0.2) is 0 Å². The van der Waals surface area contributed by atoms with Crippen LogP contribution in [0.2, 0.25) is 0 Å². The van der Waals surface area contributed by atoms with Gasteiger partial charge < -0.3 is 128 Å². The van der Waals surface area contributed by atoms with E-state index in [4.69, 9.17) is 236 Å². The molecule has 3 aliphatic heterocycles. The third kappa shape index (κ3) is 125. The summed E-state index contributed by atoms with van der Waals surface area (Å²) in [5.74, 6) is -24.0. The average Bonchev–Trinajstić information content (AvgIpc) is 0.944. The predicted molar refractivity (Wildman–Crippen MR) is 453 cm³/mol. The summed E-state index contributed by atoms with van der Waals surface area (Å²) in [6, 6.07) is 0. The van der Waals surface area contributed by atoms with Gasteiger partial charge in [0.15, 0.2) is 0 Å². The van der Waals surface area contributed by atoms with Crippen LogP contribution in [0.4, 0.5) is 0 Å². The molecule has 3 rings (SSSR count). The molecule has 84 heteroatoms. The standard InChI is InChI=1S/3C16H24N8O8.24ClH.4Co.4Nb.4Ni/c3*25-9-10(26)19-3-4-21-13(29)14(30)23-7-8-24-16(32)15(31)22-6-5-20-12(28)11(27)18-2-1-17-9;;;;;;;;;;;;;;;;;;;;;;;;;;;;;;;;;;;;/h3*1-8H2,(H,17,25)(H,18,27)(H,19,26)(H,20,28)(H,21,29)(H,22,31)(H,23,30)(H,24,32);24*1H;;;;;;;;;;;;/q;;;;;;;;;;;;;;;;;;;;;;;;;;;12*+2/p-24. The second-order valence-corrected chi connectivity index (χ2v) is 45.5. The summed E-state index contributed by atoms with van der Waals surface area (Å²) in [5, 5.41) is 53.0. The maximum absolute atomic E-state index is 11.6. The van der Waals surface area contributed by atoms with Crippen molar-refractivity contribution in [1.82, 2.24) is 128 Å². The van der Waals surface area contributed by atoms with Gasteiger partial charge in [-0.1, -0.05) is 0 Å².